The summed E-state index contributed by atoms with van der Waals surface area (Å²) in [7, 11) is 2.19. The fourth-order valence-electron chi connectivity index (χ4n) is 1.98. The first-order valence-corrected chi connectivity index (χ1v) is 6.16. The third kappa shape index (κ3) is 3.97. The number of unbranched alkanes of at least 4 members (excludes halogenated alkanes) is 1. The number of nitrogens with one attached hydrogen (secondary N) is 1. The highest BCUT2D eigenvalue weighted by molar-refractivity contribution is 5.00. The molecule has 0 aliphatic carbocycles. The normalized spacial score (nSPS) is 19.5. The van der Waals surface area contributed by atoms with Crippen LogP contribution in [0.4, 0.5) is 0 Å². The van der Waals surface area contributed by atoms with E-state index in [4.69, 9.17) is 0 Å². The van der Waals surface area contributed by atoms with Gasteiger partial charge in [-0.1, -0.05) is 34.1 Å². The summed E-state index contributed by atoms with van der Waals surface area (Å²) in [5, 5.41) is 3.67. The molecular weight excluding hydrogens is 172 g/mol. The Morgan fingerprint density at radius 1 is 1.21 bits per heavy atom. The van der Waals surface area contributed by atoms with E-state index in [2.05, 4.69) is 31.1 Å². The van der Waals surface area contributed by atoms with Crippen LogP contribution >= 0.6 is 0 Å². The highest BCUT2D eigenvalue weighted by Crippen LogP contribution is 2.22. The molecule has 0 spiro atoms. The van der Waals surface area contributed by atoms with E-state index in [1.165, 1.54) is 38.9 Å². The van der Waals surface area contributed by atoms with Crippen molar-refractivity contribution in [1.82, 2.24) is 10.2 Å². The maximum absolute atomic E-state index is 3.67. The van der Waals surface area contributed by atoms with Gasteiger partial charge in [-0.2, -0.15) is 0 Å². The monoisotopic (exact) mass is 200 g/mol. The van der Waals surface area contributed by atoms with Crippen LogP contribution in [0.1, 0.15) is 47.0 Å². The van der Waals surface area contributed by atoms with E-state index in [1.54, 1.807) is 0 Å². The first kappa shape index (κ1) is 13.9. The Kier molecular flexibility index (Phi) is 7.20. The highest BCUT2D eigenvalue weighted by atomic mass is 15.3. The molecule has 86 valence electrons. The first-order valence-electron chi connectivity index (χ1n) is 6.16. The van der Waals surface area contributed by atoms with E-state index in [1.807, 2.05) is 13.8 Å². The number of likely N-dealkylation sites (N-methyl/N-ethyl adjacent to an activating group) is 1. The Morgan fingerprint density at radius 3 is 2.14 bits per heavy atom. The fraction of sp³-hybridized carbons (Fsp3) is 1.00. The predicted octanol–water partition coefficient (Wildman–Crippen LogP) is 2.50. The standard InChI is InChI=1S/C10H22N2.C2H6/c1-4-6-7-11-10(5-2)8-12(3)9-10;1-2/h11H,4-9H2,1-3H3;1-2H3. The van der Waals surface area contributed by atoms with Crippen molar-refractivity contribution in [1.29, 1.82) is 0 Å². The molecule has 0 aromatic heterocycles. The molecule has 1 saturated heterocycles. The number of likely N-dealkylation sites (tertiary alicyclic amines) is 1. The number of hydrogen-bond acceptors (Lipinski definition) is 2. The lowest BCUT2D eigenvalue weighted by atomic mass is 9.87. The van der Waals surface area contributed by atoms with Gasteiger partial charge < -0.3 is 10.2 Å². The van der Waals surface area contributed by atoms with Crippen LogP contribution in [0.15, 0.2) is 0 Å². The van der Waals surface area contributed by atoms with Gasteiger partial charge in [-0.3, -0.25) is 0 Å². The number of nitrogens with zero attached hydrogens (tertiary/aromatic N) is 1. The van der Waals surface area contributed by atoms with Crippen molar-refractivity contribution in [2.75, 3.05) is 26.7 Å². The third-order valence-electron chi connectivity index (χ3n) is 2.85. The van der Waals surface area contributed by atoms with Crippen LogP contribution in [0.25, 0.3) is 0 Å². The van der Waals surface area contributed by atoms with Crippen LogP contribution in [0.3, 0.4) is 0 Å². The van der Waals surface area contributed by atoms with Crippen molar-refractivity contribution in [3.63, 3.8) is 0 Å². The fourth-order valence-corrected chi connectivity index (χ4v) is 1.98. The lowest BCUT2D eigenvalue weighted by Crippen LogP contribution is -2.67. The molecule has 1 N–H and O–H groups in total. The molecule has 14 heavy (non-hydrogen) atoms. The lowest BCUT2D eigenvalue weighted by molar-refractivity contribution is 0.0621. The molecule has 0 bridgehead atoms. The van der Waals surface area contributed by atoms with Crippen molar-refractivity contribution in [3.05, 3.63) is 0 Å². The SMILES string of the molecule is CC.CCCCNC1(CC)CN(C)C1. The second-order valence-corrected chi connectivity index (χ2v) is 4.09. The highest BCUT2D eigenvalue weighted by Gasteiger charge is 2.38. The van der Waals surface area contributed by atoms with Gasteiger partial charge in [0.15, 0.2) is 0 Å². The summed E-state index contributed by atoms with van der Waals surface area (Å²) in [6, 6.07) is 0. The molecule has 0 aromatic carbocycles. The Hall–Kier alpha value is -0.0800. The molecule has 0 amide bonds. The molecular formula is C12H28N2. The Morgan fingerprint density at radius 2 is 1.79 bits per heavy atom. The Balaban J connectivity index is 0.000000791. The van der Waals surface area contributed by atoms with Gasteiger partial charge in [-0.05, 0) is 26.4 Å². The predicted molar refractivity (Wildman–Crippen MR) is 64.8 cm³/mol. The largest absolute Gasteiger partial charge is 0.309 e. The van der Waals surface area contributed by atoms with E-state index in [9.17, 15) is 0 Å². The van der Waals surface area contributed by atoms with E-state index in [0.29, 0.717) is 5.54 Å². The minimum Gasteiger partial charge on any atom is -0.309 e. The van der Waals surface area contributed by atoms with Gasteiger partial charge in [0.1, 0.15) is 0 Å². The van der Waals surface area contributed by atoms with Crippen molar-refractivity contribution in [2.45, 2.75) is 52.5 Å². The third-order valence-corrected chi connectivity index (χ3v) is 2.85. The van der Waals surface area contributed by atoms with E-state index in [0.717, 1.165) is 0 Å². The molecule has 0 aromatic rings. The summed E-state index contributed by atoms with van der Waals surface area (Å²) in [5.74, 6) is 0. The summed E-state index contributed by atoms with van der Waals surface area (Å²) in [6.45, 7) is 12.2. The first-order chi connectivity index (χ1) is 6.72. The topological polar surface area (TPSA) is 15.3 Å². The van der Waals surface area contributed by atoms with Crippen LogP contribution in [0.2, 0.25) is 0 Å². The zero-order valence-electron chi connectivity index (χ0n) is 10.7. The summed E-state index contributed by atoms with van der Waals surface area (Å²) in [6.07, 6.45) is 3.87. The van der Waals surface area contributed by atoms with E-state index in [-0.39, 0.29) is 0 Å². The summed E-state index contributed by atoms with van der Waals surface area (Å²) >= 11 is 0. The van der Waals surface area contributed by atoms with Crippen LogP contribution < -0.4 is 5.32 Å². The summed E-state index contributed by atoms with van der Waals surface area (Å²) in [5.41, 5.74) is 0.462. The number of rotatable bonds is 5. The van der Waals surface area contributed by atoms with Gasteiger partial charge >= 0.3 is 0 Å². The number of hydrogen-bond donors (Lipinski definition) is 1. The molecule has 0 atom stereocenters. The average molecular weight is 200 g/mol. The van der Waals surface area contributed by atoms with Gasteiger partial charge in [0.25, 0.3) is 0 Å². The van der Waals surface area contributed by atoms with Crippen molar-refractivity contribution in [2.24, 2.45) is 0 Å². The van der Waals surface area contributed by atoms with Gasteiger partial charge in [0.05, 0.1) is 0 Å². The molecule has 0 saturated carbocycles. The summed E-state index contributed by atoms with van der Waals surface area (Å²) < 4.78 is 0. The molecule has 0 unspecified atom stereocenters. The summed E-state index contributed by atoms with van der Waals surface area (Å²) in [4.78, 5) is 2.38. The van der Waals surface area contributed by atoms with Crippen molar-refractivity contribution >= 4 is 0 Å². The van der Waals surface area contributed by atoms with Crippen LogP contribution in [0, 0.1) is 0 Å². The van der Waals surface area contributed by atoms with Gasteiger partial charge in [-0.15, -0.1) is 0 Å². The molecule has 0 radical (unpaired) electrons. The van der Waals surface area contributed by atoms with Crippen LogP contribution in [-0.4, -0.2) is 37.1 Å². The van der Waals surface area contributed by atoms with E-state index >= 15 is 0 Å². The van der Waals surface area contributed by atoms with E-state index < -0.39 is 0 Å². The molecule has 1 heterocycles. The zero-order valence-corrected chi connectivity index (χ0v) is 10.7. The van der Waals surface area contributed by atoms with Crippen LogP contribution in [0.5, 0.6) is 0 Å². The maximum atomic E-state index is 3.67. The molecule has 1 fully saturated rings. The molecule has 1 aliphatic heterocycles. The average Bonchev–Trinajstić information content (AvgIpc) is 2.18. The Labute approximate surface area is 90.1 Å². The lowest BCUT2D eigenvalue weighted by Gasteiger charge is -2.49. The molecule has 2 nitrogen and oxygen atoms in total. The maximum Gasteiger partial charge on any atom is 0.0434 e. The minimum atomic E-state index is 0.462. The van der Waals surface area contributed by atoms with Gasteiger partial charge in [0.2, 0.25) is 0 Å². The molecule has 2 heteroatoms. The Bertz CT molecular complexity index is 128. The second-order valence-electron chi connectivity index (χ2n) is 4.09. The molecule has 1 rings (SSSR count). The van der Waals surface area contributed by atoms with Gasteiger partial charge in [0, 0.05) is 18.6 Å². The van der Waals surface area contributed by atoms with Gasteiger partial charge in [-0.25, -0.2) is 0 Å². The zero-order chi connectivity index (χ0) is 11.0. The molecule has 1 aliphatic rings. The van der Waals surface area contributed by atoms with Crippen molar-refractivity contribution < 1.29 is 0 Å². The van der Waals surface area contributed by atoms with Crippen molar-refractivity contribution in [3.8, 4) is 0 Å². The quantitative estimate of drug-likeness (QED) is 0.686. The minimum absolute atomic E-state index is 0.462. The van der Waals surface area contributed by atoms with Crippen LogP contribution in [-0.2, 0) is 0 Å². The second kappa shape index (κ2) is 7.24. The smallest absolute Gasteiger partial charge is 0.0434 e.